The van der Waals surface area contributed by atoms with Crippen molar-refractivity contribution < 1.29 is 14.3 Å². The first-order chi connectivity index (χ1) is 14.1. The zero-order valence-electron chi connectivity index (χ0n) is 16.5. The van der Waals surface area contributed by atoms with Gasteiger partial charge in [-0.15, -0.1) is 0 Å². The van der Waals surface area contributed by atoms with Gasteiger partial charge >= 0.3 is 0 Å². The zero-order valence-corrected chi connectivity index (χ0v) is 17.3. The third-order valence-corrected chi connectivity index (χ3v) is 4.57. The van der Waals surface area contributed by atoms with E-state index in [-0.39, 0.29) is 12.5 Å². The molecule has 0 spiro atoms. The molecule has 29 heavy (non-hydrogen) atoms. The smallest absolute Gasteiger partial charge is 0.251 e. The van der Waals surface area contributed by atoms with Crippen LogP contribution in [-0.4, -0.2) is 22.3 Å². The molecule has 1 aromatic heterocycles. The summed E-state index contributed by atoms with van der Waals surface area (Å²) in [4.78, 5) is 12.5. The van der Waals surface area contributed by atoms with Gasteiger partial charge in [-0.2, -0.15) is 5.10 Å². The number of aromatic nitrogens is 2. The molecule has 1 heterocycles. The molecular weight excluding hydrogens is 390 g/mol. The first-order valence-electron chi connectivity index (χ1n) is 9.53. The summed E-state index contributed by atoms with van der Waals surface area (Å²) in [6.07, 6.45) is 1.75. The molecule has 0 radical (unpaired) electrons. The minimum absolute atomic E-state index is 0.185. The highest BCUT2D eigenvalue weighted by Gasteiger charge is 2.10. The molecule has 2 aromatic carbocycles. The first kappa shape index (κ1) is 20.7. The van der Waals surface area contributed by atoms with Crippen LogP contribution >= 0.6 is 11.6 Å². The highest BCUT2D eigenvalue weighted by molar-refractivity contribution is 6.31. The lowest BCUT2D eigenvalue weighted by Gasteiger charge is -2.09. The summed E-state index contributed by atoms with van der Waals surface area (Å²) in [6, 6.07) is 14.8. The van der Waals surface area contributed by atoms with E-state index in [9.17, 15) is 4.79 Å². The largest absolute Gasteiger partial charge is 0.494 e. The molecular formula is C22H24ClN3O3. The fraction of sp³-hybridized carbons (Fsp3) is 0.273. The predicted octanol–water partition coefficient (Wildman–Crippen LogP) is 4.46. The van der Waals surface area contributed by atoms with Gasteiger partial charge < -0.3 is 14.8 Å². The molecule has 0 atom stereocenters. The molecule has 0 bridgehead atoms. The monoisotopic (exact) mass is 413 g/mol. The maximum absolute atomic E-state index is 12.5. The Bertz CT molecular complexity index is 954. The van der Waals surface area contributed by atoms with Crippen molar-refractivity contribution in [1.82, 2.24) is 15.1 Å². The van der Waals surface area contributed by atoms with E-state index in [1.165, 1.54) is 0 Å². The van der Waals surface area contributed by atoms with Crippen LogP contribution in [-0.2, 0) is 19.7 Å². The Morgan fingerprint density at radius 3 is 2.48 bits per heavy atom. The Kier molecular flexibility index (Phi) is 7.14. The van der Waals surface area contributed by atoms with Crippen LogP contribution < -0.4 is 14.8 Å². The number of carbonyl (C=O) groups is 1. The Labute approximate surface area is 175 Å². The molecule has 1 N–H and O–H groups in total. The molecule has 0 saturated carbocycles. The lowest BCUT2D eigenvalue weighted by atomic mass is 10.1. The van der Waals surface area contributed by atoms with Crippen LogP contribution in [0.25, 0.3) is 0 Å². The van der Waals surface area contributed by atoms with Gasteiger partial charge in [0.25, 0.3) is 5.91 Å². The standard InChI is InChI=1S/C22H24ClN3O3/c1-3-26-14-20(23)21(25-26)13-24-22(27)17-7-5-6-16(12-17)15-29-19-10-8-18(9-11-19)28-4-2/h5-12,14H,3-4,13,15H2,1-2H3,(H,24,27). The van der Waals surface area contributed by atoms with E-state index in [4.69, 9.17) is 21.1 Å². The fourth-order valence-corrected chi connectivity index (χ4v) is 2.97. The van der Waals surface area contributed by atoms with E-state index in [0.717, 1.165) is 23.6 Å². The first-order valence-corrected chi connectivity index (χ1v) is 9.91. The number of nitrogens with zero attached hydrogens (tertiary/aromatic N) is 2. The third-order valence-electron chi connectivity index (χ3n) is 4.26. The number of halogens is 1. The molecule has 0 aliphatic rings. The second-order valence-electron chi connectivity index (χ2n) is 6.36. The van der Waals surface area contributed by atoms with Crippen LogP contribution in [0.3, 0.4) is 0 Å². The van der Waals surface area contributed by atoms with E-state index in [1.54, 1.807) is 16.9 Å². The summed E-state index contributed by atoms with van der Waals surface area (Å²) < 4.78 is 13.0. The van der Waals surface area contributed by atoms with Crippen LogP contribution in [0.1, 0.15) is 35.5 Å². The number of amides is 1. The molecule has 3 aromatic rings. The molecule has 152 valence electrons. The van der Waals surface area contributed by atoms with Gasteiger partial charge in [-0.05, 0) is 55.8 Å². The summed E-state index contributed by atoms with van der Waals surface area (Å²) in [6.45, 7) is 5.91. The number of hydrogen-bond acceptors (Lipinski definition) is 4. The summed E-state index contributed by atoms with van der Waals surface area (Å²) >= 11 is 6.15. The van der Waals surface area contributed by atoms with Crippen molar-refractivity contribution in [2.24, 2.45) is 0 Å². The van der Waals surface area contributed by atoms with Gasteiger partial charge in [0.2, 0.25) is 0 Å². The highest BCUT2D eigenvalue weighted by atomic mass is 35.5. The van der Waals surface area contributed by atoms with Crippen LogP contribution in [0.15, 0.2) is 54.7 Å². The molecule has 3 rings (SSSR count). The Morgan fingerprint density at radius 1 is 1.10 bits per heavy atom. The van der Waals surface area contributed by atoms with Crippen molar-refractivity contribution in [3.63, 3.8) is 0 Å². The second-order valence-corrected chi connectivity index (χ2v) is 6.76. The number of nitrogens with one attached hydrogen (secondary N) is 1. The average molecular weight is 414 g/mol. The van der Waals surface area contributed by atoms with Crippen LogP contribution in [0.5, 0.6) is 11.5 Å². The van der Waals surface area contributed by atoms with Gasteiger partial charge in [-0.25, -0.2) is 0 Å². The minimum Gasteiger partial charge on any atom is -0.494 e. The van der Waals surface area contributed by atoms with Gasteiger partial charge in [0, 0.05) is 18.3 Å². The van der Waals surface area contributed by atoms with E-state index >= 15 is 0 Å². The summed E-state index contributed by atoms with van der Waals surface area (Å²) in [5, 5.41) is 7.74. The summed E-state index contributed by atoms with van der Waals surface area (Å²) in [5.74, 6) is 1.36. The van der Waals surface area contributed by atoms with Gasteiger partial charge in [0.05, 0.1) is 18.2 Å². The molecule has 0 fully saturated rings. The number of ether oxygens (including phenoxy) is 2. The second kappa shape index (κ2) is 9.98. The number of aryl methyl sites for hydroxylation is 1. The molecule has 1 amide bonds. The SMILES string of the molecule is CCOc1ccc(OCc2cccc(C(=O)NCc3nn(CC)cc3Cl)c2)cc1. The molecule has 0 unspecified atom stereocenters. The van der Waals surface area contributed by atoms with Crippen molar-refractivity contribution in [2.45, 2.75) is 33.5 Å². The summed E-state index contributed by atoms with van der Waals surface area (Å²) in [5.41, 5.74) is 2.11. The molecule has 0 aliphatic heterocycles. The van der Waals surface area contributed by atoms with E-state index < -0.39 is 0 Å². The third kappa shape index (κ3) is 5.74. The van der Waals surface area contributed by atoms with E-state index in [1.807, 2.05) is 56.3 Å². The van der Waals surface area contributed by atoms with Crippen LogP contribution in [0, 0.1) is 0 Å². The Hall–Kier alpha value is -2.99. The predicted molar refractivity (Wildman–Crippen MR) is 112 cm³/mol. The van der Waals surface area contributed by atoms with Crippen molar-refractivity contribution in [2.75, 3.05) is 6.61 Å². The molecule has 0 aliphatic carbocycles. The average Bonchev–Trinajstić information content (AvgIpc) is 3.11. The van der Waals surface area contributed by atoms with Crippen molar-refractivity contribution in [1.29, 1.82) is 0 Å². The quantitative estimate of drug-likeness (QED) is 0.562. The number of rotatable bonds is 9. The van der Waals surface area contributed by atoms with E-state index in [0.29, 0.717) is 29.5 Å². The zero-order chi connectivity index (χ0) is 20.6. The van der Waals surface area contributed by atoms with Crippen LogP contribution in [0.4, 0.5) is 0 Å². The minimum atomic E-state index is -0.185. The van der Waals surface area contributed by atoms with Gasteiger partial charge in [-0.3, -0.25) is 9.48 Å². The lowest BCUT2D eigenvalue weighted by molar-refractivity contribution is 0.0950. The topological polar surface area (TPSA) is 65.4 Å². The lowest BCUT2D eigenvalue weighted by Crippen LogP contribution is -2.23. The Balaban J connectivity index is 1.56. The number of benzene rings is 2. The number of hydrogen-bond donors (Lipinski definition) is 1. The van der Waals surface area contributed by atoms with Gasteiger partial charge in [0.1, 0.15) is 23.8 Å². The molecule has 0 saturated heterocycles. The summed E-state index contributed by atoms with van der Waals surface area (Å²) in [7, 11) is 0. The number of carbonyl (C=O) groups excluding carboxylic acids is 1. The van der Waals surface area contributed by atoms with Crippen molar-refractivity contribution >= 4 is 17.5 Å². The van der Waals surface area contributed by atoms with Crippen molar-refractivity contribution in [3.8, 4) is 11.5 Å². The maximum Gasteiger partial charge on any atom is 0.251 e. The molecule has 7 heteroatoms. The van der Waals surface area contributed by atoms with E-state index in [2.05, 4.69) is 10.4 Å². The van der Waals surface area contributed by atoms with Gasteiger partial charge in [0.15, 0.2) is 0 Å². The maximum atomic E-state index is 12.5. The van der Waals surface area contributed by atoms with Crippen molar-refractivity contribution in [3.05, 3.63) is 76.6 Å². The molecule has 6 nitrogen and oxygen atoms in total. The Morgan fingerprint density at radius 2 is 1.83 bits per heavy atom. The normalized spacial score (nSPS) is 10.6. The van der Waals surface area contributed by atoms with Crippen LogP contribution in [0.2, 0.25) is 5.02 Å². The van der Waals surface area contributed by atoms with Gasteiger partial charge in [-0.1, -0.05) is 23.7 Å². The fourth-order valence-electron chi connectivity index (χ4n) is 2.75. The highest BCUT2D eigenvalue weighted by Crippen LogP contribution is 2.19.